The van der Waals surface area contributed by atoms with E-state index in [0.717, 1.165) is 33.1 Å². The van der Waals surface area contributed by atoms with Gasteiger partial charge in [-0.05, 0) is 44.4 Å². The molecule has 29 heavy (non-hydrogen) atoms. The molecule has 148 valence electrons. The third kappa shape index (κ3) is 4.62. The lowest BCUT2D eigenvalue weighted by Gasteiger charge is -2.22. The average molecular weight is 402 g/mol. The first-order valence-corrected chi connectivity index (χ1v) is 11.5. The largest absolute Gasteiger partial charge is 0.488 e. The van der Waals surface area contributed by atoms with E-state index in [1.54, 1.807) is 0 Å². The number of hydrogen-bond donors (Lipinski definition) is 0. The van der Waals surface area contributed by atoms with Gasteiger partial charge in [0.2, 0.25) is 0 Å². The van der Waals surface area contributed by atoms with Gasteiger partial charge in [-0.2, -0.15) is 0 Å². The number of ether oxygens (including phenoxy) is 1. The minimum Gasteiger partial charge on any atom is -0.488 e. The molecule has 0 atom stereocenters. The van der Waals surface area contributed by atoms with Crippen LogP contribution in [0.15, 0.2) is 95.5 Å². The Morgan fingerprint density at radius 3 is 1.72 bits per heavy atom. The van der Waals surface area contributed by atoms with E-state index < -0.39 is 7.14 Å². The van der Waals surface area contributed by atoms with Crippen LogP contribution in [0.4, 0.5) is 0 Å². The summed E-state index contributed by atoms with van der Waals surface area (Å²) in [5.74, 6) is 0.841. The minimum atomic E-state index is -3.10. The summed E-state index contributed by atoms with van der Waals surface area (Å²) in [4.78, 5) is 0. The minimum absolute atomic E-state index is 0.220. The van der Waals surface area contributed by atoms with Crippen molar-refractivity contribution in [3.8, 4) is 5.75 Å². The molecule has 0 aliphatic heterocycles. The summed E-state index contributed by atoms with van der Waals surface area (Å²) in [5.41, 5.74) is 6.47. The first-order valence-electron chi connectivity index (χ1n) is 9.77. The fourth-order valence-electron chi connectivity index (χ4n) is 3.40. The predicted molar refractivity (Wildman–Crippen MR) is 123 cm³/mol. The first-order chi connectivity index (χ1) is 13.9. The molecule has 0 saturated carbocycles. The van der Waals surface area contributed by atoms with E-state index in [1.807, 2.05) is 107 Å². The zero-order chi connectivity index (χ0) is 20.9. The Bertz CT molecular complexity index is 1020. The van der Waals surface area contributed by atoms with Crippen LogP contribution >= 0.6 is 7.14 Å². The SMILES string of the molecule is CC(C)=C=C(COc1c(C)cccc1C)P(=O)(c1ccccc1)c1ccccc1. The monoisotopic (exact) mass is 402 g/mol. The van der Waals surface area contributed by atoms with E-state index in [1.165, 1.54) is 0 Å². The van der Waals surface area contributed by atoms with Crippen LogP contribution in [-0.4, -0.2) is 6.61 Å². The van der Waals surface area contributed by atoms with Crippen molar-refractivity contribution < 1.29 is 9.30 Å². The fraction of sp³-hybridized carbons (Fsp3) is 0.192. The maximum atomic E-state index is 14.7. The lowest BCUT2D eigenvalue weighted by Crippen LogP contribution is -2.20. The van der Waals surface area contributed by atoms with Crippen molar-refractivity contribution >= 4 is 17.8 Å². The molecule has 0 spiro atoms. The number of para-hydroxylation sites is 1. The normalized spacial score (nSPS) is 10.9. The van der Waals surface area contributed by atoms with Gasteiger partial charge in [0.25, 0.3) is 0 Å². The Hall–Kier alpha value is -2.79. The van der Waals surface area contributed by atoms with Crippen LogP contribution < -0.4 is 15.3 Å². The van der Waals surface area contributed by atoms with Crippen LogP contribution in [0.3, 0.4) is 0 Å². The highest BCUT2D eigenvalue weighted by atomic mass is 31.2. The molecule has 0 N–H and O–H groups in total. The van der Waals surface area contributed by atoms with Crippen molar-refractivity contribution in [3.05, 3.63) is 107 Å². The third-order valence-corrected chi connectivity index (χ3v) is 7.83. The molecule has 0 amide bonds. The van der Waals surface area contributed by atoms with Gasteiger partial charge in [-0.1, -0.05) is 78.9 Å². The molecule has 0 bridgehead atoms. The molecule has 0 heterocycles. The van der Waals surface area contributed by atoms with Crippen LogP contribution in [0.2, 0.25) is 0 Å². The summed E-state index contributed by atoms with van der Waals surface area (Å²) in [5, 5.41) is 2.26. The van der Waals surface area contributed by atoms with E-state index in [0.29, 0.717) is 5.31 Å². The van der Waals surface area contributed by atoms with Gasteiger partial charge in [-0.25, -0.2) is 0 Å². The number of benzene rings is 3. The van der Waals surface area contributed by atoms with Gasteiger partial charge in [-0.3, -0.25) is 0 Å². The van der Waals surface area contributed by atoms with Gasteiger partial charge >= 0.3 is 0 Å². The molecule has 3 heteroatoms. The molecule has 0 unspecified atom stereocenters. The Morgan fingerprint density at radius 1 is 0.793 bits per heavy atom. The van der Waals surface area contributed by atoms with Crippen LogP contribution in [0, 0.1) is 13.8 Å². The van der Waals surface area contributed by atoms with Crippen LogP contribution in [0.1, 0.15) is 25.0 Å². The highest BCUT2D eigenvalue weighted by Gasteiger charge is 2.32. The van der Waals surface area contributed by atoms with Crippen LogP contribution in [0.5, 0.6) is 5.75 Å². The number of rotatable bonds is 6. The molecular weight excluding hydrogens is 375 g/mol. The highest BCUT2D eigenvalue weighted by molar-refractivity contribution is 7.82. The van der Waals surface area contributed by atoms with Crippen molar-refractivity contribution in [2.45, 2.75) is 27.7 Å². The third-order valence-electron chi connectivity index (χ3n) is 4.78. The summed E-state index contributed by atoms with van der Waals surface area (Å²) in [6.45, 7) is 8.22. The summed E-state index contributed by atoms with van der Waals surface area (Å²) in [6.07, 6.45) is 0. The molecule has 3 rings (SSSR count). The van der Waals surface area contributed by atoms with E-state index in [9.17, 15) is 4.57 Å². The molecule has 0 aliphatic rings. The summed E-state index contributed by atoms with van der Waals surface area (Å²) in [7, 11) is -3.10. The second-order valence-electron chi connectivity index (χ2n) is 7.36. The van der Waals surface area contributed by atoms with Gasteiger partial charge in [0, 0.05) is 10.6 Å². The molecule has 0 aromatic heterocycles. The van der Waals surface area contributed by atoms with Crippen LogP contribution in [-0.2, 0) is 4.57 Å². The van der Waals surface area contributed by atoms with E-state index in [-0.39, 0.29) is 6.61 Å². The fourth-order valence-corrected chi connectivity index (χ4v) is 6.13. The van der Waals surface area contributed by atoms with Crippen molar-refractivity contribution in [2.75, 3.05) is 6.61 Å². The molecule has 2 nitrogen and oxygen atoms in total. The Kier molecular flexibility index (Phi) is 6.60. The van der Waals surface area contributed by atoms with Crippen LogP contribution in [0.25, 0.3) is 0 Å². The molecule has 0 radical (unpaired) electrons. The van der Waals surface area contributed by atoms with Crippen molar-refractivity contribution in [3.63, 3.8) is 0 Å². The van der Waals surface area contributed by atoms with Gasteiger partial charge < -0.3 is 9.30 Å². The molecule has 3 aromatic carbocycles. The first kappa shape index (κ1) is 20.9. The Labute approximate surface area is 173 Å². The van der Waals surface area contributed by atoms with Gasteiger partial charge in [0.05, 0.1) is 5.31 Å². The predicted octanol–water partition coefficient (Wildman–Crippen LogP) is 6.15. The van der Waals surface area contributed by atoms with E-state index in [2.05, 4.69) is 5.73 Å². The van der Waals surface area contributed by atoms with Gasteiger partial charge in [0.1, 0.15) is 12.4 Å². The smallest absolute Gasteiger partial charge is 0.177 e. The lowest BCUT2D eigenvalue weighted by molar-refractivity contribution is 0.353. The summed E-state index contributed by atoms with van der Waals surface area (Å²) < 4.78 is 20.9. The highest BCUT2D eigenvalue weighted by Crippen LogP contribution is 2.51. The zero-order valence-corrected chi connectivity index (χ0v) is 18.4. The second-order valence-corrected chi connectivity index (χ2v) is 10.2. The zero-order valence-electron chi connectivity index (χ0n) is 17.5. The average Bonchev–Trinajstić information content (AvgIpc) is 2.73. The maximum absolute atomic E-state index is 14.7. The van der Waals surface area contributed by atoms with Crippen molar-refractivity contribution in [2.24, 2.45) is 0 Å². The van der Waals surface area contributed by atoms with Crippen molar-refractivity contribution in [1.29, 1.82) is 0 Å². The molecule has 0 fully saturated rings. The topological polar surface area (TPSA) is 26.3 Å². The van der Waals surface area contributed by atoms with Crippen molar-refractivity contribution in [1.82, 2.24) is 0 Å². The number of hydrogen-bond acceptors (Lipinski definition) is 2. The molecule has 3 aromatic rings. The number of aryl methyl sites for hydroxylation is 2. The maximum Gasteiger partial charge on any atom is 0.177 e. The molecular formula is C26H27O2P. The summed E-state index contributed by atoms with van der Waals surface area (Å²) >= 11 is 0. The van der Waals surface area contributed by atoms with Gasteiger partial charge in [0.15, 0.2) is 7.14 Å². The molecule has 0 saturated heterocycles. The second kappa shape index (κ2) is 9.14. The van der Waals surface area contributed by atoms with Gasteiger partial charge in [-0.15, -0.1) is 5.73 Å². The Morgan fingerprint density at radius 2 is 1.28 bits per heavy atom. The molecule has 0 aliphatic carbocycles. The Balaban J connectivity index is 2.14. The summed E-state index contributed by atoms with van der Waals surface area (Å²) in [6, 6.07) is 25.4. The van der Waals surface area contributed by atoms with E-state index >= 15 is 0 Å². The van der Waals surface area contributed by atoms with E-state index in [4.69, 9.17) is 4.74 Å². The quantitative estimate of drug-likeness (QED) is 0.365. The lowest BCUT2D eigenvalue weighted by atomic mass is 10.1. The standard InChI is InChI=1S/C26H27O2P/c1-20(2)18-25(19-28-26-21(3)12-11-13-22(26)4)29(27,23-14-7-5-8-15-23)24-16-9-6-10-17-24/h5-17H,19H2,1-4H3.